The molecule has 0 radical (unpaired) electrons. The Morgan fingerprint density at radius 1 is 0.525 bits per heavy atom. The number of carbonyl (C=O) groups is 10. The molecule has 3 rings (SSSR count). The summed E-state index contributed by atoms with van der Waals surface area (Å²) in [4.78, 5) is 116. The van der Waals surface area contributed by atoms with E-state index in [1.807, 2.05) is 0 Å². The second-order valence-corrected chi connectivity index (χ2v) is 6.83. The highest BCUT2D eigenvalue weighted by atomic mass is 16.7. The molecule has 3 aliphatic heterocycles. The van der Waals surface area contributed by atoms with E-state index in [9.17, 15) is 47.9 Å². The number of hydroxylamine groups is 6. The van der Waals surface area contributed by atoms with E-state index >= 15 is 0 Å². The Balaban J connectivity index is -0.000000286. The van der Waals surface area contributed by atoms with Crippen molar-refractivity contribution in [1.29, 1.82) is 0 Å². The normalized spacial score (nSPS) is 15.2. The Morgan fingerprint density at radius 3 is 0.950 bits per heavy atom. The maximum Gasteiger partial charge on any atom is 0.344 e. The van der Waals surface area contributed by atoms with Crippen LogP contribution in [0, 0.1) is 0 Å². The van der Waals surface area contributed by atoms with Gasteiger partial charge in [-0.2, -0.15) is 5.06 Å². The minimum Gasteiger partial charge on any atom is -0.481 e. The van der Waals surface area contributed by atoms with E-state index in [0.717, 1.165) is 0 Å². The first kappa shape index (κ1) is 42.4. The van der Waals surface area contributed by atoms with E-state index in [4.69, 9.17) is 15.4 Å². The molecule has 3 saturated heterocycles. The molecule has 3 N–H and O–H groups in total. The topological polar surface area (TPSA) is 260 Å². The van der Waals surface area contributed by atoms with Gasteiger partial charge in [-0.05, 0) is 0 Å². The average molecular weight is 582 g/mol. The maximum absolute atomic E-state index is 11.4. The van der Waals surface area contributed by atoms with Crippen molar-refractivity contribution in [2.75, 3.05) is 0 Å². The third kappa shape index (κ3) is 13.7. The molecule has 18 heteroatoms. The number of carbonyl (C=O) groups excluding carboxylic acids is 8. The number of carboxylic acids is 2. The number of amides is 6. The molecule has 0 spiro atoms. The molecule has 6 amide bonds. The molecule has 0 bridgehead atoms. The molecular weight excluding hydrogens is 546 g/mol. The van der Waals surface area contributed by atoms with Gasteiger partial charge in [0.05, 0.1) is 0 Å². The Bertz CT molecular complexity index is 899. The van der Waals surface area contributed by atoms with Gasteiger partial charge in [0.2, 0.25) is 0 Å². The number of imide groups is 3. The van der Waals surface area contributed by atoms with Gasteiger partial charge in [-0.1, -0.05) is 29.7 Å². The number of nitrogens with zero attached hydrogens (tertiary/aromatic N) is 3. The van der Waals surface area contributed by atoms with Crippen LogP contribution in [0.1, 0.15) is 81.1 Å². The van der Waals surface area contributed by atoms with Gasteiger partial charge in [-0.3, -0.25) is 43.6 Å². The van der Waals surface area contributed by atoms with Crippen LogP contribution in [0.25, 0.3) is 0 Å². The number of rotatable bonds is 6. The van der Waals surface area contributed by atoms with Gasteiger partial charge in [0.25, 0.3) is 35.4 Å². The molecule has 0 aromatic rings. The van der Waals surface area contributed by atoms with Crippen molar-refractivity contribution in [2.45, 2.75) is 81.1 Å². The largest absolute Gasteiger partial charge is 0.481 e. The van der Waals surface area contributed by atoms with Crippen molar-refractivity contribution in [1.82, 2.24) is 15.2 Å². The molecule has 40 heavy (non-hydrogen) atoms. The van der Waals surface area contributed by atoms with Crippen molar-refractivity contribution in [3.05, 3.63) is 0 Å². The molecule has 0 aromatic carbocycles. The van der Waals surface area contributed by atoms with Crippen LogP contribution in [-0.4, -0.2) is 89.9 Å². The lowest BCUT2D eigenvalue weighted by molar-refractivity contribution is -0.206. The van der Waals surface area contributed by atoms with E-state index in [1.165, 1.54) is 0 Å². The van der Waals surface area contributed by atoms with Crippen LogP contribution in [-0.2, 0) is 57.6 Å². The summed E-state index contributed by atoms with van der Waals surface area (Å²) in [6, 6.07) is 0. The summed E-state index contributed by atoms with van der Waals surface area (Å²) >= 11 is 0. The zero-order valence-electron chi connectivity index (χ0n) is 18.2. The Morgan fingerprint density at radius 2 is 0.775 bits per heavy atom. The molecule has 228 valence electrons. The quantitative estimate of drug-likeness (QED) is 0.215. The van der Waals surface area contributed by atoms with Crippen LogP contribution >= 0.6 is 0 Å². The molecule has 3 fully saturated rings. The van der Waals surface area contributed by atoms with Crippen LogP contribution in [0.4, 0.5) is 0 Å². The van der Waals surface area contributed by atoms with E-state index in [1.54, 1.807) is 0 Å². The van der Waals surface area contributed by atoms with Gasteiger partial charge in [0.1, 0.15) is 12.8 Å². The predicted molar refractivity (Wildman–Crippen MR) is 129 cm³/mol. The summed E-state index contributed by atoms with van der Waals surface area (Å²) < 4.78 is 0. The Kier molecular flexibility index (Phi) is 20.5. The van der Waals surface area contributed by atoms with Crippen LogP contribution in [0.15, 0.2) is 0 Å². The van der Waals surface area contributed by atoms with Crippen molar-refractivity contribution < 1.29 is 73.0 Å². The maximum atomic E-state index is 11.4. The second-order valence-electron chi connectivity index (χ2n) is 6.83. The lowest BCUT2D eigenvalue weighted by atomic mass is 10.4. The van der Waals surface area contributed by atoms with Crippen molar-refractivity contribution in [3.63, 3.8) is 0 Å². The second kappa shape index (κ2) is 19.3. The van der Waals surface area contributed by atoms with Gasteiger partial charge in [-0.25, -0.2) is 9.59 Å². The van der Waals surface area contributed by atoms with Crippen LogP contribution in [0.2, 0.25) is 0 Å². The Hall–Kier alpha value is -4.74. The molecular formula is C22H35N3O15. The first-order valence-corrected chi connectivity index (χ1v) is 9.84. The molecule has 0 saturated carbocycles. The first-order valence-electron chi connectivity index (χ1n) is 9.84. The molecule has 0 atom stereocenters. The summed E-state index contributed by atoms with van der Waals surface area (Å²) in [5.41, 5.74) is 0. The van der Waals surface area contributed by atoms with E-state index < -0.39 is 72.2 Å². The summed E-state index contributed by atoms with van der Waals surface area (Å²) in [6.07, 6.45) is -1.76. The standard InChI is InChI=1S/C11H10N2O8.C4H5NO3.C3H4O4.4CH4/c14-6-1-2-7(15)12(6)20-10(18)5-11(19)21-13-8(16)3-4-9(13)17;6-3-1-2-4(7)5(3)8;4-2(5)1-3(6)7;;;;/h1-5H2;8H,1-2H2;1H2,(H,4,5)(H,6,7);4*1H4. The number of hydrogen-bond donors (Lipinski definition) is 3. The van der Waals surface area contributed by atoms with Crippen LogP contribution in [0.3, 0.4) is 0 Å². The summed E-state index contributed by atoms with van der Waals surface area (Å²) in [7, 11) is 0. The first-order chi connectivity index (χ1) is 16.7. The third-order valence-electron chi connectivity index (χ3n) is 4.01. The average Bonchev–Trinajstić information content (AvgIpc) is 3.37. The van der Waals surface area contributed by atoms with Crippen molar-refractivity contribution in [2.24, 2.45) is 0 Å². The summed E-state index contributed by atoms with van der Waals surface area (Å²) in [5.74, 6) is -8.80. The lowest BCUT2D eigenvalue weighted by Crippen LogP contribution is -2.35. The zero-order chi connectivity index (χ0) is 27.6. The molecule has 3 aliphatic rings. The van der Waals surface area contributed by atoms with Crippen molar-refractivity contribution >= 4 is 59.3 Å². The highest BCUT2D eigenvalue weighted by Crippen LogP contribution is 2.15. The minimum atomic E-state index is -1.31. The molecule has 0 unspecified atom stereocenters. The molecule has 0 aromatic heterocycles. The van der Waals surface area contributed by atoms with E-state index in [-0.39, 0.29) is 83.4 Å². The predicted octanol–water partition coefficient (Wildman–Crippen LogP) is 0.206. The van der Waals surface area contributed by atoms with Gasteiger partial charge in [-0.15, -0.1) is 10.1 Å². The van der Waals surface area contributed by atoms with E-state index in [2.05, 4.69) is 9.68 Å². The van der Waals surface area contributed by atoms with E-state index in [0.29, 0.717) is 0 Å². The van der Waals surface area contributed by atoms with Gasteiger partial charge < -0.3 is 19.9 Å². The van der Waals surface area contributed by atoms with Crippen molar-refractivity contribution in [3.8, 4) is 0 Å². The summed E-state index contributed by atoms with van der Waals surface area (Å²) in [5, 5.41) is 24.5. The summed E-state index contributed by atoms with van der Waals surface area (Å²) in [6.45, 7) is 0. The monoisotopic (exact) mass is 581 g/mol. The lowest BCUT2D eigenvalue weighted by Gasteiger charge is -2.14. The Labute approximate surface area is 229 Å². The SMILES string of the molecule is C.C.C.C.O=C(CC(=O)ON1C(=O)CCC1=O)ON1C(=O)CCC1=O.O=C(O)CC(=O)O.O=C1CCC(=O)N1O. The highest BCUT2D eigenvalue weighted by Gasteiger charge is 2.36. The third-order valence-corrected chi connectivity index (χ3v) is 4.01. The fourth-order valence-corrected chi connectivity index (χ4v) is 2.40. The van der Waals surface area contributed by atoms with Gasteiger partial charge in [0.15, 0.2) is 0 Å². The highest BCUT2D eigenvalue weighted by molar-refractivity contribution is 6.04. The number of hydrogen-bond acceptors (Lipinski definition) is 13. The molecule has 18 nitrogen and oxygen atoms in total. The van der Waals surface area contributed by atoms with Gasteiger partial charge in [0, 0.05) is 38.5 Å². The van der Waals surface area contributed by atoms with Crippen LogP contribution < -0.4 is 0 Å². The molecule has 0 aliphatic carbocycles. The zero-order valence-corrected chi connectivity index (χ0v) is 18.2. The fourth-order valence-electron chi connectivity index (χ4n) is 2.40. The van der Waals surface area contributed by atoms with Crippen LogP contribution in [0.5, 0.6) is 0 Å². The van der Waals surface area contributed by atoms with Gasteiger partial charge >= 0.3 is 23.9 Å². The number of aliphatic carboxylic acids is 2. The fraction of sp³-hybridized carbons (Fsp3) is 0.545. The minimum absolute atomic E-state index is 0. The smallest absolute Gasteiger partial charge is 0.344 e. The molecule has 3 heterocycles. The number of carboxylic acid groups (broad SMARTS) is 2.